The molecule has 0 bridgehead atoms. The molecular formula is C13H14ClN3O. The van der Waals surface area contributed by atoms with Gasteiger partial charge in [-0.3, -0.25) is 4.79 Å². The Labute approximate surface area is 110 Å². The molecule has 2 heterocycles. The largest absolute Gasteiger partial charge is 0.361 e. The fourth-order valence-corrected chi connectivity index (χ4v) is 2.48. The summed E-state index contributed by atoms with van der Waals surface area (Å²) in [5, 5.41) is 8.10. The Bertz CT molecular complexity index is 593. The third-order valence-corrected chi connectivity index (χ3v) is 3.52. The van der Waals surface area contributed by atoms with Crippen LogP contribution < -0.4 is 10.6 Å². The fourth-order valence-electron chi connectivity index (χ4n) is 2.31. The molecule has 94 valence electrons. The molecular weight excluding hydrogens is 250 g/mol. The predicted octanol–water partition coefficient (Wildman–Crippen LogP) is 1.80. The zero-order valence-electron chi connectivity index (χ0n) is 9.79. The van der Waals surface area contributed by atoms with Crippen LogP contribution in [0.1, 0.15) is 12.0 Å². The van der Waals surface area contributed by atoms with E-state index in [0.717, 1.165) is 17.1 Å². The average molecular weight is 264 g/mol. The molecule has 1 atom stereocenters. The van der Waals surface area contributed by atoms with Gasteiger partial charge in [-0.25, -0.2) is 0 Å². The molecule has 0 aliphatic carbocycles. The van der Waals surface area contributed by atoms with Gasteiger partial charge in [-0.05, 0) is 17.7 Å². The summed E-state index contributed by atoms with van der Waals surface area (Å²) in [7, 11) is 0. The fraction of sp³-hybridized carbons (Fsp3) is 0.308. The summed E-state index contributed by atoms with van der Waals surface area (Å²) in [6, 6.07) is 6.06. The molecule has 18 heavy (non-hydrogen) atoms. The van der Waals surface area contributed by atoms with E-state index in [-0.39, 0.29) is 11.9 Å². The van der Waals surface area contributed by atoms with Gasteiger partial charge in [0.25, 0.3) is 0 Å². The molecule has 1 aliphatic heterocycles. The molecule has 1 amide bonds. The van der Waals surface area contributed by atoms with Crippen LogP contribution in [0, 0.1) is 0 Å². The first-order valence-corrected chi connectivity index (χ1v) is 6.36. The van der Waals surface area contributed by atoms with Crippen molar-refractivity contribution in [3.8, 4) is 0 Å². The lowest BCUT2D eigenvalue weighted by atomic mass is 10.1. The molecule has 1 aliphatic rings. The average Bonchev–Trinajstić information content (AvgIpc) is 2.92. The number of amides is 1. The second-order valence-corrected chi connectivity index (χ2v) is 5.03. The molecule has 2 aromatic rings. The molecule has 0 spiro atoms. The van der Waals surface area contributed by atoms with Gasteiger partial charge in [-0.2, -0.15) is 0 Å². The summed E-state index contributed by atoms with van der Waals surface area (Å²) in [6.45, 7) is 1.47. The molecule has 0 saturated carbocycles. The molecule has 1 aromatic carbocycles. The molecule has 1 saturated heterocycles. The van der Waals surface area contributed by atoms with Crippen molar-refractivity contribution in [3.63, 3.8) is 0 Å². The number of aromatic nitrogens is 1. The second-order valence-electron chi connectivity index (χ2n) is 4.59. The van der Waals surface area contributed by atoms with Gasteiger partial charge >= 0.3 is 0 Å². The lowest BCUT2D eigenvalue weighted by molar-refractivity contribution is -0.119. The standard InChI is InChI=1S/C13H14ClN3O/c14-9-1-2-11-8(6-16-12(11)3-9)5-15-10-4-13(18)17-7-10/h1-3,6,10,15-16H,4-5,7H2,(H,17,18). The number of fused-ring (bicyclic) bond motifs is 1. The van der Waals surface area contributed by atoms with Crippen LogP contribution in [0.15, 0.2) is 24.4 Å². The van der Waals surface area contributed by atoms with Gasteiger partial charge in [0, 0.05) is 47.7 Å². The van der Waals surface area contributed by atoms with Gasteiger partial charge in [-0.15, -0.1) is 0 Å². The first-order valence-electron chi connectivity index (χ1n) is 5.98. The third kappa shape index (κ3) is 2.21. The van der Waals surface area contributed by atoms with Crippen LogP contribution in [0.3, 0.4) is 0 Å². The molecule has 3 N–H and O–H groups in total. The van der Waals surface area contributed by atoms with Crippen LogP contribution in [0.25, 0.3) is 10.9 Å². The topological polar surface area (TPSA) is 56.9 Å². The van der Waals surface area contributed by atoms with E-state index >= 15 is 0 Å². The number of rotatable bonds is 3. The number of H-pyrrole nitrogens is 1. The maximum absolute atomic E-state index is 11.1. The number of carbonyl (C=O) groups excluding carboxylic acids is 1. The maximum atomic E-state index is 11.1. The first kappa shape index (κ1) is 11.6. The van der Waals surface area contributed by atoms with Crippen LogP contribution in [0.5, 0.6) is 0 Å². The SMILES string of the molecule is O=C1CC(NCc2c[nH]c3cc(Cl)ccc23)CN1. The van der Waals surface area contributed by atoms with Crippen molar-refractivity contribution in [1.82, 2.24) is 15.6 Å². The second kappa shape index (κ2) is 4.63. The zero-order valence-corrected chi connectivity index (χ0v) is 10.6. The van der Waals surface area contributed by atoms with Crippen LogP contribution in [-0.2, 0) is 11.3 Å². The summed E-state index contributed by atoms with van der Waals surface area (Å²) in [5.41, 5.74) is 2.24. The summed E-state index contributed by atoms with van der Waals surface area (Å²) in [4.78, 5) is 14.3. The van der Waals surface area contributed by atoms with Gasteiger partial charge < -0.3 is 15.6 Å². The Morgan fingerprint density at radius 2 is 2.33 bits per heavy atom. The van der Waals surface area contributed by atoms with E-state index in [1.165, 1.54) is 10.9 Å². The Morgan fingerprint density at radius 1 is 1.44 bits per heavy atom. The van der Waals surface area contributed by atoms with E-state index in [4.69, 9.17) is 11.6 Å². The number of halogens is 1. The van der Waals surface area contributed by atoms with Crippen LogP contribution in [-0.4, -0.2) is 23.5 Å². The van der Waals surface area contributed by atoms with Crippen molar-refractivity contribution in [2.75, 3.05) is 6.54 Å². The van der Waals surface area contributed by atoms with Crippen molar-refractivity contribution in [2.24, 2.45) is 0 Å². The number of hydrogen-bond acceptors (Lipinski definition) is 2. The van der Waals surface area contributed by atoms with Crippen LogP contribution >= 0.6 is 11.6 Å². The minimum Gasteiger partial charge on any atom is -0.361 e. The Hall–Kier alpha value is -1.52. The van der Waals surface area contributed by atoms with Crippen LogP contribution in [0.2, 0.25) is 5.02 Å². The quantitative estimate of drug-likeness (QED) is 0.791. The summed E-state index contributed by atoms with van der Waals surface area (Å²) in [5.74, 6) is 0.123. The number of carbonyl (C=O) groups is 1. The maximum Gasteiger partial charge on any atom is 0.221 e. The normalized spacial score (nSPS) is 19.4. The highest BCUT2D eigenvalue weighted by atomic mass is 35.5. The van der Waals surface area contributed by atoms with Crippen molar-refractivity contribution in [1.29, 1.82) is 0 Å². The van der Waals surface area contributed by atoms with E-state index in [1.807, 2.05) is 24.4 Å². The van der Waals surface area contributed by atoms with E-state index in [0.29, 0.717) is 13.0 Å². The number of aromatic amines is 1. The zero-order chi connectivity index (χ0) is 12.5. The third-order valence-electron chi connectivity index (χ3n) is 3.29. The molecule has 3 rings (SSSR count). The van der Waals surface area contributed by atoms with Crippen molar-refractivity contribution in [3.05, 3.63) is 35.0 Å². The number of hydrogen-bond donors (Lipinski definition) is 3. The van der Waals surface area contributed by atoms with Crippen LogP contribution in [0.4, 0.5) is 0 Å². The predicted molar refractivity (Wildman–Crippen MR) is 71.6 cm³/mol. The highest BCUT2D eigenvalue weighted by Crippen LogP contribution is 2.22. The summed E-state index contributed by atoms with van der Waals surface area (Å²) >= 11 is 5.94. The molecule has 0 radical (unpaired) electrons. The summed E-state index contributed by atoms with van der Waals surface area (Å²) in [6.07, 6.45) is 2.55. The van der Waals surface area contributed by atoms with Gasteiger partial charge in [0.2, 0.25) is 5.91 Å². The van der Waals surface area contributed by atoms with Gasteiger partial charge in [0.15, 0.2) is 0 Å². The summed E-state index contributed by atoms with van der Waals surface area (Å²) < 4.78 is 0. The van der Waals surface area contributed by atoms with Crippen molar-refractivity contribution < 1.29 is 4.79 Å². The highest BCUT2D eigenvalue weighted by Gasteiger charge is 2.20. The lowest BCUT2D eigenvalue weighted by Gasteiger charge is -2.09. The lowest BCUT2D eigenvalue weighted by Crippen LogP contribution is -2.30. The van der Waals surface area contributed by atoms with E-state index < -0.39 is 0 Å². The van der Waals surface area contributed by atoms with E-state index in [2.05, 4.69) is 15.6 Å². The minimum absolute atomic E-state index is 0.123. The minimum atomic E-state index is 0.123. The number of benzene rings is 1. The number of nitrogens with one attached hydrogen (secondary N) is 3. The molecule has 4 nitrogen and oxygen atoms in total. The van der Waals surface area contributed by atoms with Gasteiger partial charge in [0.05, 0.1) is 0 Å². The highest BCUT2D eigenvalue weighted by molar-refractivity contribution is 6.31. The van der Waals surface area contributed by atoms with E-state index in [9.17, 15) is 4.79 Å². The first-order chi connectivity index (χ1) is 8.72. The van der Waals surface area contributed by atoms with Gasteiger partial charge in [0.1, 0.15) is 0 Å². The van der Waals surface area contributed by atoms with Crippen molar-refractivity contribution >= 4 is 28.4 Å². The monoisotopic (exact) mass is 263 g/mol. The molecule has 1 aromatic heterocycles. The molecule has 1 fully saturated rings. The Morgan fingerprint density at radius 3 is 3.11 bits per heavy atom. The Balaban J connectivity index is 1.73. The van der Waals surface area contributed by atoms with E-state index in [1.54, 1.807) is 0 Å². The van der Waals surface area contributed by atoms with Gasteiger partial charge in [-0.1, -0.05) is 17.7 Å². The van der Waals surface area contributed by atoms with Crippen molar-refractivity contribution in [2.45, 2.75) is 19.0 Å². The molecule has 1 unspecified atom stereocenters. The molecule has 5 heteroatoms. The Kier molecular flexibility index (Phi) is 2.97. The smallest absolute Gasteiger partial charge is 0.221 e.